The Hall–Kier alpha value is -4.89. The van der Waals surface area contributed by atoms with Crippen LogP contribution in [0.3, 0.4) is 0 Å². The number of aryl methyl sites for hydroxylation is 1. The lowest BCUT2D eigenvalue weighted by atomic mass is 10.1. The summed E-state index contributed by atoms with van der Waals surface area (Å²) in [6, 6.07) is 2.11. The van der Waals surface area contributed by atoms with Crippen LogP contribution < -0.4 is 30.7 Å². The lowest BCUT2D eigenvalue weighted by Crippen LogP contribution is -2.49. The molecule has 1 unspecified atom stereocenters. The third-order valence-corrected chi connectivity index (χ3v) is 10.1. The molecule has 0 amide bonds. The zero-order valence-corrected chi connectivity index (χ0v) is 28.2. The van der Waals surface area contributed by atoms with Crippen LogP contribution in [0.5, 0.6) is 5.75 Å². The zero-order chi connectivity index (χ0) is 35.0. The number of likely N-dealkylation sites (N-methyl/N-ethyl adjacent to an activating group) is 1. The zero-order valence-electron chi connectivity index (χ0n) is 28.2. The highest BCUT2D eigenvalue weighted by Gasteiger charge is 2.32. The van der Waals surface area contributed by atoms with Crippen LogP contribution >= 0.6 is 0 Å². The van der Waals surface area contributed by atoms with E-state index in [1.54, 1.807) is 18.0 Å². The van der Waals surface area contributed by atoms with Gasteiger partial charge in [-0.05, 0) is 40.0 Å². The summed E-state index contributed by atoms with van der Waals surface area (Å²) in [5, 5.41) is 11.4. The summed E-state index contributed by atoms with van der Waals surface area (Å²) < 4.78 is 63.0. The Morgan fingerprint density at radius 3 is 2.16 bits per heavy atom. The van der Waals surface area contributed by atoms with Crippen molar-refractivity contribution in [2.24, 2.45) is 0 Å². The SMILES string of the molecule is CCn1cc(-c2nnc(-c3cn4c5c(c(N6CCN(C)CC6)c(F)cc5c3=O)OC[C@H]4C)o2)c(=O)c2cc(F)c(N3CCNC(C)C3)c(F)c21. The normalized spacial score (nSPS) is 19.8. The van der Waals surface area contributed by atoms with Gasteiger partial charge in [0.05, 0.1) is 27.8 Å². The number of ether oxygens (including phenoxy) is 1. The molecule has 2 atom stereocenters. The first-order valence-corrected chi connectivity index (χ1v) is 16.9. The largest absolute Gasteiger partial charge is 0.487 e. The van der Waals surface area contributed by atoms with E-state index in [1.807, 2.05) is 30.4 Å². The van der Waals surface area contributed by atoms with E-state index in [0.717, 1.165) is 19.2 Å². The van der Waals surface area contributed by atoms with E-state index >= 15 is 13.2 Å². The smallest absolute Gasteiger partial charge is 0.253 e. The maximum atomic E-state index is 16.1. The number of rotatable bonds is 5. The van der Waals surface area contributed by atoms with Gasteiger partial charge in [-0.1, -0.05) is 0 Å². The summed E-state index contributed by atoms with van der Waals surface area (Å²) in [6.07, 6.45) is 3.00. The van der Waals surface area contributed by atoms with Crippen molar-refractivity contribution in [2.75, 3.05) is 69.3 Å². The molecular formula is C35H37F3N8O4. The molecule has 2 fully saturated rings. The van der Waals surface area contributed by atoms with Crippen molar-refractivity contribution < 1.29 is 22.3 Å². The Labute approximate surface area is 284 Å². The first kappa shape index (κ1) is 32.3. The van der Waals surface area contributed by atoms with E-state index in [4.69, 9.17) is 9.15 Å². The predicted molar refractivity (Wildman–Crippen MR) is 184 cm³/mol. The van der Waals surface area contributed by atoms with E-state index in [-0.39, 0.29) is 70.1 Å². The van der Waals surface area contributed by atoms with Gasteiger partial charge in [-0.15, -0.1) is 10.2 Å². The van der Waals surface area contributed by atoms with Gasteiger partial charge in [-0.25, -0.2) is 13.2 Å². The van der Waals surface area contributed by atoms with E-state index in [0.29, 0.717) is 49.7 Å². The number of piperazine rings is 2. The Bertz CT molecular complexity index is 2290. The van der Waals surface area contributed by atoms with Gasteiger partial charge in [-0.3, -0.25) is 9.59 Å². The van der Waals surface area contributed by atoms with E-state index < -0.39 is 28.3 Å². The summed E-state index contributed by atoms with van der Waals surface area (Å²) in [5.74, 6) is -2.30. The topological polar surface area (TPSA) is 114 Å². The molecule has 3 aromatic heterocycles. The van der Waals surface area contributed by atoms with Crippen molar-refractivity contribution in [1.29, 1.82) is 0 Å². The number of aromatic nitrogens is 4. The summed E-state index contributed by atoms with van der Waals surface area (Å²) in [4.78, 5) is 33.5. The molecule has 12 nitrogen and oxygen atoms in total. The van der Waals surface area contributed by atoms with E-state index in [9.17, 15) is 9.59 Å². The van der Waals surface area contributed by atoms with E-state index in [1.165, 1.54) is 16.8 Å². The van der Waals surface area contributed by atoms with Crippen LogP contribution in [0.4, 0.5) is 24.5 Å². The first-order valence-electron chi connectivity index (χ1n) is 16.9. The molecule has 0 saturated carbocycles. The van der Waals surface area contributed by atoms with Gasteiger partial charge in [0.15, 0.2) is 17.4 Å². The molecule has 0 aliphatic carbocycles. The maximum Gasteiger partial charge on any atom is 0.253 e. The number of hydrogen-bond donors (Lipinski definition) is 1. The summed E-state index contributed by atoms with van der Waals surface area (Å²) >= 11 is 0. The summed E-state index contributed by atoms with van der Waals surface area (Å²) in [6.45, 7) is 10.3. The molecule has 6 heterocycles. The first-order chi connectivity index (χ1) is 24.0. The monoisotopic (exact) mass is 690 g/mol. The minimum absolute atomic E-state index is 0.0197. The highest BCUT2D eigenvalue weighted by atomic mass is 19.1. The van der Waals surface area contributed by atoms with Crippen LogP contribution in [-0.2, 0) is 6.54 Å². The van der Waals surface area contributed by atoms with Crippen molar-refractivity contribution in [3.8, 4) is 28.7 Å². The number of pyridine rings is 2. The molecule has 0 radical (unpaired) electrons. The minimum Gasteiger partial charge on any atom is -0.487 e. The molecule has 15 heteroatoms. The molecule has 50 heavy (non-hydrogen) atoms. The summed E-state index contributed by atoms with van der Waals surface area (Å²) in [7, 11) is 2.02. The fourth-order valence-electron chi connectivity index (χ4n) is 7.43. The van der Waals surface area contributed by atoms with Crippen molar-refractivity contribution in [3.05, 3.63) is 62.4 Å². The minimum atomic E-state index is -0.842. The van der Waals surface area contributed by atoms with Gasteiger partial charge in [-0.2, -0.15) is 0 Å². The van der Waals surface area contributed by atoms with Gasteiger partial charge < -0.3 is 38.3 Å². The number of fused-ring (bicyclic) bond motifs is 1. The Morgan fingerprint density at radius 1 is 0.860 bits per heavy atom. The number of halogens is 3. The van der Waals surface area contributed by atoms with Gasteiger partial charge in [0.25, 0.3) is 11.8 Å². The third kappa shape index (κ3) is 5.04. The molecule has 3 aliphatic rings. The van der Waals surface area contributed by atoms with Crippen LogP contribution in [0, 0.1) is 17.5 Å². The number of nitrogens with one attached hydrogen (secondary N) is 1. The van der Waals surface area contributed by atoms with Crippen molar-refractivity contribution >= 4 is 33.2 Å². The van der Waals surface area contributed by atoms with Crippen LogP contribution in [0.1, 0.15) is 26.8 Å². The average molecular weight is 691 g/mol. The standard InChI is InChI=1S/C35H37F3N8O4/c1-5-43-15-22(31(47)20-12-24(36)29(26(38)27(20)43)45-7-6-39-18(2)14-45)34-40-41-35(50-34)23-16-46-19(3)17-49-33-28(46)21(32(23)48)13-25(37)30(33)44-10-8-42(4)9-11-44/h12-13,15-16,18-19,39H,5-11,14,17H2,1-4H3/t18?,19-/m1/s1. The number of nitrogens with zero attached hydrogens (tertiary/aromatic N) is 7. The van der Waals surface area contributed by atoms with Crippen molar-refractivity contribution in [2.45, 2.75) is 39.4 Å². The number of hydrogen-bond acceptors (Lipinski definition) is 10. The second-order valence-corrected chi connectivity index (χ2v) is 13.5. The quantitative estimate of drug-likeness (QED) is 0.291. The predicted octanol–water partition coefficient (Wildman–Crippen LogP) is 3.97. The number of benzene rings is 2. The second-order valence-electron chi connectivity index (χ2n) is 13.5. The maximum absolute atomic E-state index is 16.1. The van der Waals surface area contributed by atoms with Gasteiger partial charge in [0, 0.05) is 70.8 Å². The van der Waals surface area contributed by atoms with E-state index in [2.05, 4.69) is 20.4 Å². The van der Waals surface area contributed by atoms with Crippen molar-refractivity contribution in [1.82, 2.24) is 29.5 Å². The molecule has 5 aromatic rings. The molecule has 2 saturated heterocycles. The third-order valence-electron chi connectivity index (χ3n) is 10.1. The highest BCUT2D eigenvalue weighted by molar-refractivity contribution is 5.94. The van der Waals surface area contributed by atoms with Crippen LogP contribution in [-0.4, -0.2) is 89.7 Å². The number of anilines is 2. The van der Waals surface area contributed by atoms with Gasteiger partial charge in [0.2, 0.25) is 10.9 Å². The fourth-order valence-corrected chi connectivity index (χ4v) is 7.43. The molecule has 3 aliphatic heterocycles. The molecule has 0 spiro atoms. The van der Waals surface area contributed by atoms with Crippen LogP contribution in [0.2, 0.25) is 0 Å². The van der Waals surface area contributed by atoms with Gasteiger partial charge >= 0.3 is 0 Å². The second kappa shape index (κ2) is 12.2. The fraction of sp³-hybridized carbons (Fsp3) is 0.429. The van der Waals surface area contributed by atoms with Crippen molar-refractivity contribution in [3.63, 3.8) is 0 Å². The summed E-state index contributed by atoms with van der Waals surface area (Å²) in [5.41, 5.74) is -0.678. The van der Waals surface area contributed by atoms with Crippen LogP contribution in [0.15, 0.2) is 38.5 Å². The molecular weight excluding hydrogens is 653 g/mol. The Balaban J connectivity index is 1.23. The Morgan fingerprint density at radius 2 is 1.50 bits per heavy atom. The van der Waals surface area contributed by atoms with Crippen LogP contribution in [0.25, 0.3) is 44.7 Å². The molecule has 2 aromatic carbocycles. The molecule has 8 rings (SSSR count). The lowest BCUT2D eigenvalue weighted by molar-refractivity contribution is 0.245. The lowest BCUT2D eigenvalue weighted by Gasteiger charge is -2.37. The molecule has 0 bridgehead atoms. The average Bonchev–Trinajstić information content (AvgIpc) is 3.58. The Kier molecular flexibility index (Phi) is 7.86. The molecule has 1 N–H and O–H groups in total. The highest BCUT2D eigenvalue weighted by Crippen LogP contribution is 2.43. The van der Waals surface area contributed by atoms with Gasteiger partial charge in [0.1, 0.15) is 34.9 Å². The molecule has 262 valence electrons.